The number of amides is 4. The largest absolute Gasteiger partial charge is 0.312 e. The van der Waals surface area contributed by atoms with Crippen molar-refractivity contribution < 1.29 is 19.2 Å². The lowest BCUT2D eigenvalue weighted by Crippen LogP contribution is -2.54. The third-order valence-electron chi connectivity index (χ3n) is 6.93. The van der Waals surface area contributed by atoms with Gasteiger partial charge in [0.15, 0.2) is 0 Å². The third-order valence-corrected chi connectivity index (χ3v) is 6.93. The molecule has 29 heavy (non-hydrogen) atoms. The molecular formula is C21H24N4O4. The van der Waals surface area contributed by atoms with Crippen LogP contribution in [0.25, 0.3) is 0 Å². The van der Waals surface area contributed by atoms with Gasteiger partial charge in [0.1, 0.15) is 6.04 Å². The number of benzene rings is 1. The van der Waals surface area contributed by atoms with Crippen LogP contribution in [0.5, 0.6) is 0 Å². The van der Waals surface area contributed by atoms with Crippen LogP contribution in [-0.4, -0.2) is 52.7 Å². The van der Waals surface area contributed by atoms with E-state index in [9.17, 15) is 19.2 Å². The summed E-state index contributed by atoms with van der Waals surface area (Å²) in [4.78, 5) is 50.8. The van der Waals surface area contributed by atoms with E-state index in [4.69, 9.17) is 0 Å². The predicted octanol–water partition coefficient (Wildman–Crippen LogP) is 0.462. The van der Waals surface area contributed by atoms with Gasteiger partial charge < -0.3 is 10.6 Å². The van der Waals surface area contributed by atoms with E-state index in [-0.39, 0.29) is 24.3 Å². The molecular weight excluding hydrogens is 372 g/mol. The number of carbonyl (C=O) groups is 4. The van der Waals surface area contributed by atoms with E-state index in [1.807, 2.05) is 6.07 Å². The van der Waals surface area contributed by atoms with Crippen molar-refractivity contribution in [2.45, 2.75) is 62.7 Å². The summed E-state index contributed by atoms with van der Waals surface area (Å²) in [5, 5.41) is 9.47. The van der Waals surface area contributed by atoms with Crippen molar-refractivity contribution in [3.05, 3.63) is 34.9 Å². The number of nitrogens with zero attached hydrogens (tertiary/aromatic N) is 1. The fourth-order valence-electron chi connectivity index (χ4n) is 5.44. The van der Waals surface area contributed by atoms with Gasteiger partial charge in [-0.1, -0.05) is 12.1 Å². The highest BCUT2D eigenvalue weighted by Gasteiger charge is 2.47. The number of rotatable bonds is 4. The van der Waals surface area contributed by atoms with Gasteiger partial charge in [0.25, 0.3) is 11.8 Å². The SMILES string of the molecule is O=C1CCC(N2C(=O)c3cccc(CN[C@]45CCC[C@H]4NCC5)c3C2=O)C(=O)N1. The molecule has 4 amide bonds. The molecule has 0 aromatic heterocycles. The highest BCUT2D eigenvalue weighted by Crippen LogP contribution is 2.37. The fraction of sp³-hybridized carbons (Fsp3) is 0.524. The highest BCUT2D eigenvalue weighted by molar-refractivity contribution is 6.24. The van der Waals surface area contributed by atoms with Crippen molar-refractivity contribution in [2.24, 2.45) is 0 Å². The molecule has 0 bridgehead atoms. The van der Waals surface area contributed by atoms with Crippen LogP contribution in [0.1, 0.15) is 64.8 Å². The Morgan fingerprint density at radius 1 is 1.10 bits per heavy atom. The Morgan fingerprint density at radius 3 is 2.79 bits per heavy atom. The number of nitrogens with one attached hydrogen (secondary N) is 3. The van der Waals surface area contributed by atoms with Crippen LogP contribution in [0.2, 0.25) is 0 Å². The molecule has 0 spiro atoms. The molecule has 3 atom stereocenters. The minimum atomic E-state index is -0.933. The van der Waals surface area contributed by atoms with Crippen LogP contribution < -0.4 is 16.0 Å². The lowest BCUT2D eigenvalue weighted by molar-refractivity contribution is -0.136. The number of piperidine rings is 1. The molecule has 8 heteroatoms. The van der Waals surface area contributed by atoms with E-state index in [0.29, 0.717) is 23.7 Å². The number of imide groups is 2. The van der Waals surface area contributed by atoms with Gasteiger partial charge in [-0.15, -0.1) is 0 Å². The summed E-state index contributed by atoms with van der Waals surface area (Å²) in [6.45, 7) is 1.49. The molecule has 8 nitrogen and oxygen atoms in total. The van der Waals surface area contributed by atoms with Gasteiger partial charge in [0, 0.05) is 24.5 Å². The van der Waals surface area contributed by atoms with Gasteiger partial charge in [-0.3, -0.25) is 29.4 Å². The van der Waals surface area contributed by atoms with Crippen LogP contribution >= 0.6 is 0 Å². The molecule has 3 aliphatic heterocycles. The maximum absolute atomic E-state index is 13.2. The summed E-state index contributed by atoms with van der Waals surface area (Å²) in [6.07, 6.45) is 4.78. The van der Waals surface area contributed by atoms with E-state index >= 15 is 0 Å². The van der Waals surface area contributed by atoms with E-state index in [0.717, 1.165) is 36.3 Å². The van der Waals surface area contributed by atoms with Gasteiger partial charge in [-0.2, -0.15) is 0 Å². The molecule has 1 aromatic carbocycles. The quantitative estimate of drug-likeness (QED) is 0.639. The van der Waals surface area contributed by atoms with Crippen molar-refractivity contribution in [3.63, 3.8) is 0 Å². The molecule has 1 saturated carbocycles. The number of carbonyl (C=O) groups excluding carboxylic acids is 4. The molecule has 4 aliphatic rings. The Hall–Kier alpha value is -2.58. The smallest absolute Gasteiger partial charge is 0.262 e. The Kier molecular flexibility index (Phi) is 4.29. The maximum Gasteiger partial charge on any atom is 0.262 e. The molecule has 1 aliphatic carbocycles. The molecule has 1 aromatic rings. The van der Waals surface area contributed by atoms with Gasteiger partial charge in [0.05, 0.1) is 11.1 Å². The van der Waals surface area contributed by atoms with Crippen molar-refractivity contribution in [1.82, 2.24) is 20.9 Å². The molecule has 0 radical (unpaired) electrons. The summed E-state index contributed by atoms with van der Waals surface area (Å²) in [5.41, 5.74) is 1.55. The number of hydrogen-bond donors (Lipinski definition) is 3. The molecule has 3 heterocycles. The standard InChI is InChI=1S/C21H24N4O4/c26-16-7-6-14(18(27)24-16)25-19(28)13-4-1-3-12(17(13)20(25)29)11-23-21-8-2-5-15(21)22-10-9-21/h1,3-4,14-15,22-23H,2,5-11H2,(H,24,26,27)/t14?,15-,21+/m1/s1. The Bertz CT molecular complexity index is 917. The molecule has 2 saturated heterocycles. The summed E-state index contributed by atoms with van der Waals surface area (Å²) >= 11 is 0. The van der Waals surface area contributed by atoms with Crippen LogP contribution in [0, 0.1) is 0 Å². The Morgan fingerprint density at radius 2 is 1.97 bits per heavy atom. The van der Waals surface area contributed by atoms with Crippen LogP contribution in [-0.2, 0) is 16.1 Å². The molecule has 5 rings (SSSR count). The maximum atomic E-state index is 13.2. The fourth-order valence-corrected chi connectivity index (χ4v) is 5.44. The minimum absolute atomic E-state index is 0.0533. The molecule has 3 N–H and O–H groups in total. The topological polar surface area (TPSA) is 108 Å². The normalized spacial score (nSPS) is 31.2. The van der Waals surface area contributed by atoms with E-state index in [2.05, 4.69) is 16.0 Å². The molecule has 152 valence electrons. The van der Waals surface area contributed by atoms with Crippen molar-refractivity contribution >= 4 is 23.6 Å². The monoisotopic (exact) mass is 396 g/mol. The van der Waals surface area contributed by atoms with Crippen molar-refractivity contribution in [2.75, 3.05) is 6.54 Å². The van der Waals surface area contributed by atoms with Gasteiger partial charge in [0.2, 0.25) is 11.8 Å². The average Bonchev–Trinajstić information content (AvgIpc) is 3.34. The Labute approximate surface area is 168 Å². The zero-order valence-corrected chi connectivity index (χ0v) is 16.1. The highest BCUT2D eigenvalue weighted by atomic mass is 16.2. The zero-order valence-electron chi connectivity index (χ0n) is 16.1. The van der Waals surface area contributed by atoms with E-state index in [1.54, 1.807) is 12.1 Å². The molecule has 1 unspecified atom stereocenters. The van der Waals surface area contributed by atoms with Crippen molar-refractivity contribution in [1.29, 1.82) is 0 Å². The van der Waals surface area contributed by atoms with Crippen molar-refractivity contribution in [3.8, 4) is 0 Å². The van der Waals surface area contributed by atoms with E-state index < -0.39 is 23.8 Å². The zero-order chi connectivity index (χ0) is 20.2. The lowest BCUT2D eigenvalue weighted by Gasteiger charge is -2.31. The lowest BCUT2D eigenvalue weighted by atomic mass is 9.92. The average molecular weight is 396 g/mol. The second-order valence-electron chi connectivity index (χ2n) is 8.45. The molecule has 3 fully saturated rings. The first-order valence-corrected chi connectivity index (χ1v) is 10.3. The first-order chi connectivity index (χ1) is 14.0. The summed E-state index contributed by atoms with van der Waals surface area (Å²) in [5.74, 6) is -1.86. The summed E-state index contributed by atoms with van der Waals surface area (Å²) in [6, 6.07) is 4.81. The van der Waals surface area contributed by atoms with Crippen LogP contribution in [0.3, 0.4) is 0 Å². The Balaban J connectivity index is 1.40. The number of fused-ring (bicyclic) bond motifs is 2. The second kappa shape index (κ2) is 6.74. The summed E-state index contributed by atoms with van der Waals surface area (Å²) in [7, 11) is 0. The predicted molar refractivity (Wildman–Crippen MR) is 103 cm³/mol. The first kappa shape index (κ1) is 18.4. The van der Waals surface area contributed by atoms with Gasteiger partial charge in [-0.05, 0) is 50.3 Å². The van der Waals surface area contributed by atoms with Crippen LogP contribution in [0.15, 0.2) is 18.2 Å². The van der Waals surface area contributed by atoms with Gasteiger partial charge >= 0.3 is 0 Å². The minimum Gasteiger partial charge on any atom is -0.312 e. The van der Waals surface area contributed by atoms with Gasteiger partial charge in [-0.25, -0.2) is 0 Å². The summed E-state index contributed by atoms with van der Waals surface area (Å²) < 4.78 is 0. The van der Waals surface area contributed by atoms with Crippen LogP contribution in [0.4, 0.5) is 0 Å². The first-order valence-electron chi connectivity index (χ1n) is 10.3. The second-order valence-corrected chi connectivity index (χ2v) is 8.45. The third kappa shape index (κ3) is 2.81. The number of hydrogen-bond acceptors (Lipinski definition) is 6. The van der Waals surface area contributed by atoms with E-state index in [1.165, 1.54) is 6.42 Å².